The van der Waals surface area contributed by atoms with E-state index < -0.39 is 0 Å². The molecule has 3 nitrogen and oxygen atoms in total. The van der Waals surface area contributed by atoms with E-state index in [1.165, 1.54) is 0 Å². The van der Waals surface area contributed by atoms with E-state index in [9.17, 15) is 0 Å². The number of anilines is 3. The first kappa shape index (κ1) is 13.5. The third kappa shape index (κ3) is 3.08. The highest BCUT2D eigenvalue weighted by Gasteiger charge is 2.03. The van der Waals surface area contributed by atoms with Gasteiger partial charge in [0.2, 0.25) is 0 Å². The molecule has 0 saturated heterocycles. The van der Waals surface area contributed by atoms with Gasteiger partial charge in [-0.2, -0.15) is 0 Å². The molecule has 0 saturated carbocycles. The smallest absolute Gasteiger partial charge is 0.121 e. The molecule has 3 N–H and O–H groups in total. The number of ether oxygens (including phenoxy) is 1. The van der Waals surface area contributed by atoms with Gasteiger partial charge in [0.1, 0.15) is 5.75 Å². The molecule has 0 bridgehead atoms. The largest absolute Gasteiger partial charge is 0.497 e. The summed E-state index contributed by atoms with van der Waals surface area (Å²) in [5, 5.41) is 3.28. The van der Waals surface area contributed by atoms with Crippen LogP contribution in [0.2, 0.25) is 0 Å². The van der Waals surface area contributed by atoms with Crippen molar-refractivity contribution in [1.29, 1.82) is 0 Å². The number of nitrogens with two attached hydrogens (primary N) is 1. The molecule has 2 aromatic rings. The van der Waals surface area contributed by atoms with Gasteiger partial charge in [0, 0.05) is 19.8 Å². The van der Waals surface area contributed by atoms with E-state index in [0.29, 0.717) is 5.69 Å². The van der Waals surface area contributed by atoms with E-state index in [0.717, 1.165) is 25.2 Å². The third-order valence-electron chi connectivity index (χ3n) is 2.46. The lowest BCUT2D eigenvalue weighted by Crippen LogP contribution is -1.97. The minimum absolute atomic E-state index is 0.686. The van der Waals surface area contributed by atoms with Crippen LogP contribution >= 0.6 is 38.5 Å². The molecule has 0 aromatic heterocycles. The van der Waals surface area contributed by atoms with E-state index in [2.05, 4.69) is 43.8 Å². The molecule has 0 atom stereocenters. The molecule has 0 radical (unpaired) electrons. The second kappa shape index (κ2) is 5.79. The first-order valence-corrected chi connectivity index (χ1v) is 7.13. The Morgan fingerprint density at radius 1 is 1.22 bits per heavy atom. The molecule has 0 amide bonds. The summed E-state index contributed by atoms with van der Waals surface area (Å²) in [5.41, 5.74) is 8.42. The molecule has 2 aromatic carbocycles. The Balaban J connectivity index is 2.30. The summed E-state index contributed by atoms with van der Waals surface area (Å²) in [6.07, 6.45) is 0. The first-order valence-electron chi connectivity index (χ1n) is 5.26. The van der Waals surface area contributed by atoms with Gasteiger partial charge in [-0.05, 0) is 68.9 Å². The zero-order valence-corrected chi connectivity index (χ0v) is 13.4. The molecule has 0 aliphatic rings. The van der Waals surface area contributed by atoms with Crippen LogP contribution in [0.5, 0.6) is 5.75 Å². The summed E-state index contributed by atoms with van der Waals surface area (Å²) in [6.45, 7) is 0. The van der Waals surface area contributed by atoms with Crippen LogP contribution in [-0.4, -0.2) is 7.11 Å². The van der Waals surface area contributed by atoms with Crippen molar-refractivity contribution < 1.29 is 4.74 Å². The van der Waals surface area contributed by atoms with Gasteiger partial charge in [0.25, 0.3) is 0 Å². The van der Waals surface area contributed by atoms with Crippen LogP contribution in [0.25, 0.3) is 0 Å². The van der Waals surface area contributed by atoms with Gasteiger partial charge >= 0.3 is 0 Å². The lowest BCUT2D eigenvalue weighted by Gasteiger charge is -2.11. The number of hydrogen-bond donors (Lipinski definition) is 2. The second-order valence-electron chi connectivity index (χ2n) is 3.71. The summed E-state index contributed by atoms with van der Waals surface area (Å²) in [6, 6.07) is 11.6. The molecule has 0 aliphatic heterocycles. The van der Waals surface area contributed by atoms with Crippen LogP contribution in [0.4, 0.5) is 17.1 Å². The Kier molecular flexibility index (Phi) is 4.34. The van der Waals surface area contributed by atoms with Crippen LogP contribution < -0.4 is 15.8 Å². The number of nitrogen functional groups attached to an aromatic ring is 1. The van der Waals surface area contributed by atoms with Gasteiger partial charge in [-0.15, -0.1) is 0 Å². The van der Waals surface area contributed by atoms with E-state index in [-0.39, 0.29) is 0 Å². The van der Waals surface area contributed by atoms with Gasteiger partial charge in [-0.3, -0.25) is 0 Å². The molecule has 94 valence electrons. The van der Waals surface area contributed by atoms with Crippen molar-refractivity contribution in [1.82, 2.24) is 0 Å². The maximum atomic E-state index is 5.93. The fourth-order valence-electron chi connectivity index (χ4n) is 1.50. The van der Waals surface area contributed by atoms with Crippen LogP contribution in [0, 0.1) is 3.57 Å². The number of rotatable bonds is 3. The SMILES string of the molecule is COc1ccc(N)c(Nc2ccc(I)c(Br)c2)c1. The average molecular weight is 419 g/mol. The summed E-state index contributed by atoms with van der Waals surface area (Å²) >= 11 is 5.77. The Morgan fingerprint density at radius 3 is 2.67 bits per heavy atom. The molecule has 0 spiro atoms. The first-order chi connectivity index (χ1) is 8.60. The minimum Gasteiger partial charge on any atom is -0.497 e. The Bertz CT molecular complexity index is 575. The molecule has 5 heteroatoms. The Hall–Kier alpha value is -0.950. The summed E-state index contributed by atoms with van der Waals surface area (Å²) in [7, 11) is 1.64. The summed E-state index contributed by atoms with van der Waals surface area (Å²) in [5.74, 6) is 0.774. The highest BCUT2D eigenvalue weighted by Crippen LogP contribution is 2.30. The predicted octanol–water partition coefficient (Wildman–Crippen LogP) is 4.39. The van der Waals surface area contributed by atoms with Crippen LogP contribution in [0.1, 0.15) is 0 Å². The molecule has 2 rings (SSSR count). The lowest BCUT2D eigenvalue weighted by atomic mass is 10.2. The van der Waals surface area contributed by atoms with Crippen LogP contribution in [0.15, 0.2) is 40.9 Å². The molecule has 18 heavy (non-hydrogen) atoms. The monoisotopic (exact) mass is 418 g/mol. The third-order valence-corrected chi connectivity index (χ3v) is 4.80. The molecular weight excluding hydrogens is 407 g/mol. The zero-order chi connectivity index (χ0) is 13.1. The molecular formula is C13H12BrIN2O. The van der Waals surface area contributed by atoms with Crippen molar-refractivity contribution in [2.75, 3.05) is 18.2 Å². The predicted molar refractivity (Wildman–Crippen MR) is 87.5 cm³/mol. The fraction of sp³-hybridized carbons (Fsp3) is 0.0769. The standard InChI is InChI=1S/C13H12BrIN2O/c1-18-9-3-5-12(16)13(7-9)17-8-2-4-11(15)10(14)6-8/h2-7,17H,16H2,1H3. The molecule has 0 heterocycles. The van der Waals surface area contributed by atoms with Crippen molar-refractivity contribution in [3.05, 3.63) is 44.4 Å². The molecule has 0 aliphatic carbocycles. The highest BCUT2D eigenvalue weighted by molar-refractivity contribution is 14.1. The van der Waals surface area contributed by atoms with Crippen molar-refractivity contribution >= 4 is 55.6 Å². The summed E-state index contributed by atoms with van der Waals surface area (Å²) in [4.78, 5) is 0. The number of nitrogens with one attached hydrogen (secondary N) is 1. The number of methoxy groups -OCH3 is 1. The Morgan fingerprint density at radius 2 is 2.00 bits per heavy atom. The quantitative estimate of drug-likeness (QED) is 0.574. The second-order valence-corrected chi connectivity index (χ2v) is 5.72. The zero-order valence-electron chi connectivity index (χ0n) is 9.71. The maximum absolute atomic E-state index is 5.93. The maximum Gasteiger partial charge on any atom is 0.121 e. The van der Waals surface area contributed by atoms with Crippen molar-refractivity contribution in [3.63, 3.8) is 0 Å². The fourth-order valence-corrected chi connectivity index (χ4v) is 2.21. The minimum atomic E-state index is 0.686. The van der Waals surface area contributed by atoms with Gasteiger partial charge in [0.15, 0.2) is 0 Å². The van der Waals surface area contributed by atoms with Crippen LogP contribution in [0.3, 0.4) is 0 Å². The molecule has 0 fully saturated rings. The topological polar surface area (TPSA) is 47.3 Å². The highest BCUT2D eigenvalue weighted by atomic mass is 127. The number of benzene rings is 2. The lowest BCUT2D eigenvalue weighted by molar-refractivity contribution is 0.415. The van der Waals surface area contributed by atoms with Gasteiger partial charge in [-0.1, -0.05) is 0 Å². The van der Waals surface area contributed by atoms with Crippen molar-refractivity contribution in [2.45, 2.75) is 0 Å². The normalized spacial score (nSPS) is 10.2. The van der Waals surface area contributed by atoms with Gasteiger partial charge < -0.3 is 15.8 Å². The number of hydrogen-bond acceptors (Lipinski definition) is 3. The summed E-state index contributed by atoms with van der Waals surface area (Å²) < 4.78 is 7.40. The van der Waals surface area contributed by atoms with Crippen molar-refractivity contribution in [3.8, 4) is 5.75 Å². The van der Waals surface area contributed by atoms with E-state index in [1.807, 2.05) is 36.4 Å². The molecule has 0 unspecified atom stereocenters. The van der Waals surface area contributed by atoms with E-state index in [4.69, 9.17) is 10.5 Å². The van der Waals surface area contributed by atoms with E-state index >= 15 is 0 Å². The van der Waals surface area contributed by atoms with Gasteiger partial charge in [0.05, 0.1) is 18.5 Å². The number of halogens is 2. The van der Waals surface area contributed by atoms with Crippen LogP contribution in [-0.2, 0) is 0 Å². The average Bonchev–Trinajstić information content (AvgIpc) is 2.36. The Labute approximate surface area is 128 Å². The van der Waals surface area contributed by atoms with Crippen molar-refractivity contribution in [2.24, 2.45) is 0 Å². The van der Waals surface area contributed by atoms with E-state index in [1.54, 1.807) is 7.11 Å². The van der Waals surface area contributed by atoms with Gasteiger partial charge in [-0.25, -0.2) is 0 Å².